The third-order valence-electron chi connectivity index (χ3n) is 7.28. The Bertz CT molecular complexity index is 712. The molecule has 0 bridgehead atoms. The fourth-order valence-corrected chi connectivity index (χ4v) is 4.97. The highest BCUT2D eigenvalue weighted by atomic mass is 19.1. The van der Waals surface area contributed by atoms with Gasteiger partial charge in [-0.3, -0.25) is 4.79 Å². The first-order chi connectivity index (χ1) is 14.7. The molecule has 0 radical (unpaired) electrons. The van der Waals surface area contributed by atoms with Crippen LogP contribution in [0.3, 0.4) is 0 Å². The highest BCUT2D eigenvalue weighted by Gasteiger charge is 2.43. The molecule has 1 aromatic rings. The highest BCUT2D eigenvalue weighted by molar-refractivity contribution is 5.88. The minimum absolute atomic E-state index is 0.00967. The molecule has 1 saturated heterocycles. The summed E-state index contributed by atoms with van der Waals surface area (Å²) in [4.78, 5) is 15.8. The van der Waals surface area contributed by atoms with Crippen molar-refractivity contribution in [2.75, 3.05) is 33.3 Å². The minimum Gasteiger partial charge on any atom is -0.497 e. The predicted molar refractivity (Wildman–Crippen MR) is 124 cm³/mol. The average Bonchev–Trinajstić information content (AvgIpc) is 2.77. The molecule has 5 heteroatoms. The van der Waals surface area contributed by atoms with Crippen molar-refractivity contribution >= 4 is 5.91 Å². The molecule has 1 amide bonds. The van der Waals surface area contributed by atoms with Crippen LogP contribution in [0.4, 0.5) is 4.39 Å². The Kier molecular flexibility index (Phi) is 7.67. The molecule has 4 nitrogen and oxygen atoms in total. The number of nitrogens with one attached hydrogen (secondary N) is 1. The van der Waals surface area contributed by atoms with Gasteiger partial charge in [-0.2, -0.15) is 0 Å². The van der Waals surface area contributed by atoms with Crippen LogP contribution in [0.2, 0.25) is 0 Å². The molecular weight excluding hydrogens is 391 g/mol. The first kappa shape index (κ1) is 24.0. The third kappa shape index (κ3) is 6.21. The number of ether oxygens (including phenoxy) is 1. The van der Waals surface area contributed by atoms with E-state index < -0.39 is 11.1 Å². The van der Waals surface area contributed by atoms with E-state index >= 15 is 4.39 Å². The number of nitrogens with zero attached hydrogens (tertiary/aromatic N) is 1. The molecular formula is C26H41FN2O2. The van der Waals surface area contributed by atoms with Crippen LogP contribution >= 0.6 is 0 Å². The Hall–Kier alpha value is -1.62. The molecule has 1 saturated carbocycles. The van der Waals surface area contributed by atoms with Crippen molar-refractivity contribution in [2.24, 2.45) is 5.41 Å². The number of piperidine rings is 1. The maximum absolute atomic E-state index is 15.5. The summed E-state index contributed by atoms with van der Waals surface area (Å²) in [7, 11) is 1.65. The molecule has 1 aliphatic carbocycles. The Morgan fingerprint density at radius 2 is 1.68 bits per heavy atom. The quantitative estimate of drug-likeness (QED) is 0.639. The number of methoxy groups -OCH3 is 1. The molecule has 0 atom stereocenters. The van der Waals surface area contributed by atoms with E-state index in [1.54, 1.807) is 7.11 Å². The molecule has 2 aliphatic rings. The molecule has 3 rings (SSSR count). The molecule has 31 heavy (non-hydrogen) atoms. The van der Waals surface area contributed by atoms with Gasteiger partial charge in [-0.15, -0.1) is 0 Å². The summed E-state index contributed by atoms with van der Waals surface area (Å²) in [6.45, 7) is 9.42. The number of amides is 1. The lowest BCUT2D eigenvalue weighted by atomic mass is 9.68. The van der Waals surface area contributed by atoms with E-state index in [0.29, 0.717) is 18.3 Å². The van der Waals surface area contributed by atoms with Crippen molar-refractivity contribution in [3.05, 3.63) is 29.8 Å². The van der Waals surface area contributed by atoms with Gasteiger partial charge >= 0.3 is 0 Å². The van der Waals surface area contributed by atoms with Gasteiger partial charge in [-0.05, 0) is 61.8 Å². The number of hydrogen-bond donors (Lipinski definition) is 1. The first-order valence-corrected chi connectivity index (χ1v) is 12.0. The lowest BCUT2D eigenvalue weighted by Gasteiger charge is -2.40. The van der Waals surface area contributed by atoms with E-state index in [1.807, 2.05) is 24.3 Å². The summed E-state index contributed by atoms with van der Waals surface area (Å²) in [5.74, 6) is 0.778. The lowest BCUT2D eigenvalue weighted by Crippen LogP contribution is -2.52. The summed E-state index contributed by atoms with van der Waals surface area (Å²) < 4.78 is 20.8. The largest absolute Gasteiger partial charge is 0.497 e. The molecule has 1 aliphatic heterocycles. The number of rotatable bonds is 7. The number of hydrogen-bond acceptors (Lipinski definition) is 3. The molecule has 1 heterocycles. The normalized spacial score (nSPS) is 21.5. The molecule has 174 valence electrons. The maximum atomic E-state index is 15.5. The number of carbonyl (C=O) groups excluding carboxylic acids is 1. The highest BCUT2D eigenvalue weighted by Crippen LogP contribution is 2.40. The Morgan fingerprint density at radius 3 is 2.23 bits per heavy atom. The van der Waals surface area contributed by atoms with Crippen LogP contribution in [0.15, 0.2) is 24.3 Å². The van der Waals surface area contributed by atoms with Crippen LogP contribution < -0.4 is 10.1 Å². The summed E-state index contributed by atoms with van der Waals surface area (Å²) in [6.07, 6.45) is 6.97. The lowest BCUT2D eigenvalue weighted by molar-refractivity contribution is -0.129. The topological polar surface area (TPSA) is 41.6 Å². The minimum atomic E-state index is -1.30. The zero-order valence-electron chi connectivity index (χ0n) is 19.9. The average molecular weight is 433 g/mol. The first-order valence-electron chi connectivity index (χ1n) is 12.0. The van der Waals surface area contributed by atoms with E-state index in [4.69, 9.17) is 4.74 Å². The van der Waals surface area contributed by atoms with Gasteiger partial charge in [0.2, 0.25) is 5.91 Å². The van der Waals surface area contributed by atoms with Crippen molar-refractivity contribution in [2.45, 2.75) is 83.2 Å². The Morgan fingerprint density at radius 1 is 1.06 bits per heavy atom. The van der Waals surface area contributed by atoms with Crippen LogP contribution in [-0.2, 0) is 10.2 Å². The smallest absolute Gasteiger partial charge is 0.230 e. The van der Waals surface area contributed by atoms with Gasteiger partial charge < -0.3 is 15.0 Å². The standard InChI is InChI=1S/C26H41FN2O2/c1-24(2,3)14-17-29-18-15-25(27,16-19-29)20-28-23(30)26(12-6-5-7-13-26)21-8-10-22(31-4)11-9-21/h8-11H,5-7,12-20H2,1-4H3,(H,28,30). The van der Waals surface area contributed by atoms with Gasteiger partial charge in [0, 0.05) is 13.1 Å². The van der Waals surface area contributed by atoms with E-state index in [-0.39, 0.29) is 12.5 Å². The SMILES string of the molecule is COc1ccc(C2(C(=O)NCC3(F)CCN(CCC(C)(C)C)CC3)CCCCC2)cc1. The van der Waals surface area contributed by atoms with Crippen LogP contribution in [0.25, 0.3) is 0 Å². The third-order valence-corrected chi connectivity index (χ3v) is 7.28. The van der Waals surface area contributed by atoms with E-state index in [1.165, 1.54) is 0 Å². The predicted octanol–water partition coefficient (Wildman–Crippen LogP) is 5.25. The number of benzene rings is 1. The van der Waals surface area contributed by atoms with Gasteiger partial charge in [0.15, 0.2) is 0 Å². The molecule has 0 aromatic heterocycles. The molecule has 0 unspecified atom stereocenters. The van der Waals surface area contributed by atoms with Crippen molar-refractivity contribution < 1.29 is 13.9 Å². The van der Waals surface area contributed by atoms with Crippen molar-refractivity contribution in [3.63, 3.8) is 0 Å². The van der Waals surface area contributed by atoms with E-state index in [9.17, 15) is 4.79 Å². The second-order valence-corrected chi connectivity index (χ2v) is 10.9. The zero-order chi connectivity index (χ0) is 22.5. The zero-order valence-corrected chi connectivity index (χ0v) is 19.9. The number of alkyl halides is 1. The Balaban J connectivity index is 1.59. The van der Waals surface area contributed by atoms with Gasteiger partial charge in [-0.1, -0.05) is 52.2 Å². The second-order valence-electron chi connectivity index (χ2n) is 10.9. The number of carbonyl (C=O) groups is 1. The van der Waals surface area contributed by atoms with Crippen LogP contribution in [-0.4, -0.2) is 49.8 Å². The van der Waals surface area contributed by atoms with Gasteiger partial charge in [0.05, 0.1) is 19.1 Å². The Labute approximate surface area is 187 Å². The van der Waals surface area contributed by atoms with Crippen molar-refractivity contribution in [1.82, 2.24) is 10.2 Å². The molecule has 0 spiro atoms. The number of likely N-dealkylation sites (tertiary alicyclic amines) is 1. The summed E-state index contributed by atoms with van der Waals surface area (Å²) in [6, 6.07) is 7.84. The van der Waals surface area contributed by atoms with Crippen LogP contribution in [0, 0.1) is 5.41 Å². The monoisotopic (exact) mass is 432 g/mol. The fourth-order valence-electron chi connectivity index (χ4n) is 4.97. The van der Waals surface area contributed by atoms with Gasteiger partial charge in [-0.25, -0.2) is 4.39 Å². The van der Waals surface area contributed by atoms with Gasteiger partial charge in [0.1, 0.15) is 11.4 Å². The van der Waals surface area contributed by atoms with E-state index in [2.05, 4.69) is 31.0 Å². The van der Waals surface area contributed by atoms with Crippen molar-refractivity contribution in [1.29, 1.82) is 0 Å². The molecule has 2 fully saturated rings. The maximum Gasteiger partial charge on any atom is 0.230 e. The summed E-state index contributed by atoms with van der Waals surface area (Å²) >= 11 is 0. The van der Waals surface area contributed by atoms with Crippen LogP contribution in [0.5, 0.6) is 5.75 Å². The molecule has 1 N–H and O–H groups in total. The number of halogens is 1. The molecule has 1 aromatic carbocycles. The summed E-state index contributed by atoms with van der Waals surface area (Å²) in [5.41, 5.74) is -0.526. The summed E-state index contributed by atoms with van der Waals surface area (Å²) in [5, 5.41) is 3.04. The second kappa shape index (κ2) is 9.89. The fraction of sp³-hybridized carbons (Fsp3) is 0.731. The van der Waals surface area contributed by atoms with E-state index in [0.717, 1.165) is 69.5 Å². The van der Waals surface area contributed by atoms with Crippen LogP contribution in [0.1, 0.15) is 77.7 Å². The van der Waals surface area contributed by atoms with Crippen molar-refractivity contribution in [3.8, 4) is 5.75 Å². The van der Waals surface area contributed by atoms with Gasteiger partial charge in [0.25, 0.3) is 0 Å².